The number of piperidine rings is 1. The van der Waals surface area contributed by atoms with Crippen LogP contribution < -0.4 is 15.6 Å². The first-order valence-corrected chi connectivity index (χ1v) is 13.2. The molecule has 0 radical (unpaired) electrons. The molecule has 2 heterocycles. The molecular formula is C27H35Cl2N5O2. The van der Waals surface area contributed by atoms with Crippen molar-refractivity contribution in [2.45, 2.75) is 32.6 Å². The van der Waals surface area contributed by atoms with Gasteiger partial charge in [0.15, 0.2) is 5.82 Å². The summed E-state index contributed by atoms with van der Waals surface area (Å²) in [6.45, 7) is 5.55. The third kappa shape index (κ3) is 6.65. The third-order valence-corrected chi connectivity index (χ3v) is 7.24. The Labute approximate surface area is 223 Å². The van der Waals surface area contributed by atoms with Gasteiger partial charge in [-0.3, -0.25) is 10.9 Å². The molecule has 0 saturated carbocycles. The number of ether oxygens (including phenoxy) is 2. The summed E-state index contributed by atoms with van der Waals surface area (Å²) in [5.74, 6) is 1.93. The molecule has 2 N–H and O–H groups in total. The highest BCUT2D eigenvalue weighted by Crippen LogP contribution is 2.32. The SMILES string of the molecule is COCCCc1cc(Cl)c(Cl)cc1NNc1c(C)c(OC[C@@H]2CCCN(C)C2)nn1-c1ccccc1. The lowest BCUT2D eigenvalue weighted by atomic mass is 10.00. The number of anilines is 2. The van der Waals surface area contributed by atoms with Gasteiger partial charge in [0.2, 0.25) is 5.88 Å². The van der Waals surface area contributed by atoms with E-state index in [1.807, 2.05) is 54.1 Å². The van der Waals surface area contributed by atoms with Crippen molar-refractivity contribution in [1.29, 1.82) is 0 Å². The summed E-state index contributed by atoms with van der Waals surface area (Å²) >= 11 is 12.7. The van der Waals surface area contributed by atoms with Crippen molar-refractivity contribution in [2.75, 3.05) is 51.3 Å². The number of hydrogen-bond donors (Lipinski definition) is 2. The summed E-state index contributed by atoms with van der Waals surface area (Å²) in [6.07, 6.45) is 4.06. The summed E-state index contributed by atoms with van der Waals surface area (Å²) in [4.78, 5) is 2.37. The zero-order valence-corrected chi connectivity index (χ0v) is 22.7. The number of benzene rings is 2. The summed E-state index contributed by atoms with van der Waals surface area (Å²) in [6, 6.07) is 13.8. The predicted molar refractivity (Wildman–Crippen MR) is 148 cm³/mol. The van der Waals surface area contributed by atoms with Crippen LogP contribution in [0, 0.1) is 12.8 Å². The Morgan fingerprint density at radius 3 is 2.64 bits per heavy atom. The average molecular weight is 533 g/mol. The average Bonchev–Trinajstić information content (AvgIpc) is 3.19. The maximum absolute atomic E-state index is 6.35. The maximum Gasteiger partial charge on any atom is 0.238 e. The topological polar surface area (TPSA) is 63.6 Å². The molecule has 4 rings (SSSR count). The molecule has 0 aliphatic carbocycles. The summed E-state index contributed by atoms with van der Waals surface area (Å²) in [5.41, 5.74) is 10.5. The van der Waals surface area contributed by atoms with E-state index in [-0.39, 0.29) is 0 Å². The quantitative estimate of drug-likeness (QED) is 0.226. The highest BCUT2D eigenvalue weighted by Gasteiger charge is 2.21. The number of aromatic nitrogens is 2. The first kappa shape index (κ1) is 26.6. The summed E-state index contributed by atoms with van der Waals surface area (Å²) in [7, 11) is 3.87. The Hall–Kier alpha value is -2.45. The Morgan fingerprint density at radius 2 is 1.89 bits per heavy atom. The molecule has 1 atom stereocenters. The Morgan fingerprint density at radius 1 is 1.11 bits per heavy atom. The molecule has 0 unspecified atom stereocenters. The lowest BCUT2D eigenvalue weighted by Gasteiger charge is -2.29. The van der Waals surface area contributed by atoms with E-state index in [1.165, 1.54) is 12.8 Å². The number of halogens is 2. The monoisotopic (exact) mass is 531 g/mol. The molecular weight excluding hydrogens is 497 g/mol. The van der Waals surface area contributed by atoms with Gasteiger partial charge in [0.1, 0.15) is 0 Å². The van der Waals surface area contributed by atoms with Gasteiger partial charge in [-0.15, -0.1) is 5.10 Å². The zero-order valence-electron chi connectivity index (χ0n) is 21.2. The van der Waals surface area contributed by atoms with Gasteiger partial charge in [0.25, 0.3) is 0 Å². The van der Waals surface area contributed by atoms with E-state index in [9.17, 15) is 0 Å². The Balaban J connectivity index is 1.57. The molecule has 194 valence electrons. The van der Waals surface area contributed by atoms with Gasteiger partial charge in [0.05, 0.1) is 33.6 Å². The number of rotatable bonds is 11. The van der Waals surface area contributed by atoms with Crippen molar-refractivity contribution in [3.63, 3.8) is 0 Å². The van der Waals surface area contributed by atoms with Crippen LogP contribution in [0.3, 0.4) is 0 Å². The predicted octanol–water partition coefficient (Wildman–Crippen LogP) is 6.23. The van der Waals surface area contributed by atoms with E-state index in [0.29, 0.717) is 35.1 Å². The molecule has 0 amide bonds. The maximum atomic E-state index is 6.35. The van der Waals surface area contributed by atoms with Crippen LogP contribution in [-0.2, 0) is 11.2 Å². The second-order valence-electron chi connectivity index (χ2n) is 9.38. The van der Waals surface area contributed by atoms with Crippen molar-refractivity contribution in [2.24, 2.45) is 5.92 Å². The second kappa shape index (κ2) is 12.7. The molecule has 1 aliphatic heterocycles. The molecule has 0 bridgehead atoms. The highest BCUT2D eigenvalue weighted by molar-refractivity contribution is 6.42. The largest absolute Gasteiger partial charge is 0.476 e. The first-order valence-electron chi connectivity index (χ1n) is 12.4. The molecule has 1 saturated heterocycles. The number of likely N-dealkylation sites (tertiary alicyclic amines) is 1. The normalized spacial score (nSPS) is 16.2. The summed E-state index contributed by atoms with van der Waals surface area (Å²) in [5, 5.41) is 5.85. The van der Waals surface area contributed by atoms with E-state index in [0.717, 1.165) is 54.3 Å². The van der Waals surface area contributed by atoms with Crippen molar-refractivity contribution in [3.8, 4) is 11.6 Å². The van der Waals surface area contributed by atoms with Crippen LogP contribution in [0.4, 0.5) is 11.5 Å². The van der Waals surface area contributed by atoms with E-state index < -0.39 is 0 Å². The smallest absolute Gasteiger partial charge is 0.238 e. The molecule has 0 spiro atoms. The van der Waals surface area contributed by atoms with Gasteiger partial charge in [-0.2, -0.15) is 0 Å². The number of methoxy groups -OCH3 is 1. The van der Waals surface area contributed by atoms with E-state index in [2.05, 4.69) is 22.8 Å². The van der Waals surface area contributed by atoms with Crippen LogP contribution in [0.15, 0.2) is 42.5 Å². The molecule has 1 fully saturated rings. The van der Waals surface area contributed by atoms with Crippen molar-refractivity contribution >= 4 is 34.7 Å². The third-order valence-electron chi connectivity index (χ3n) is 6.51. The number of para-hydroxylation sites is 1. The van der Waals surface area contributed by atoms with Crippen molar-refractivity contribution in [3.05, 3.63) is 63.6 Å². The van der Waals surface area contributed by atoms with Crippen molar-refractivity contribution < 1.29 is 9.47 Å². The van der Waals surface area contributed by atoms with Gasteiger partial charge in [-0.25, -0.2) is 4.68 Å². The van der Waals surface area contributed by atoms with Crippen LogP contribution in [-0.4, -0.2) is 55.1 Å². The van der Waals surface area contributed by atoms with Crippen LogP contribution in [0.2, 0.25) is 10.0 Å². The molecule has 9 heteroatoms. The van der Waals surface area contributed by atoms with E-state index in [4.69, 9.17) is 37.8 Å². The standard InChI is InChI=1S/C27H35Cl2N5O2/c1-19-26(31-30-25-16-24(29)23(28)15-21(25)10-8-14-35-3)34(22-11-5-4-6-12-22)32-27(19)36-18-20-9-7-13-33(2)17-20/h4-6,11-12,15-16,20,30-31H,7-10,13-14,17-18H2,1-3H3/t20-/m1/s1. The van der Waals surface area contributed by atoms with Gasteiger partial charge in [-0.05, 0) is 76.0 Å². The molecule has 1 aromatic heterocycles. The number of aryl methyl sites for hydroxylation is 1. The Kier molecular flexibility index (Phi) is 9.37. The fraction of sp³-hybridized carbons (Fsp3) is 0.444. The molecule has 7 nitrogen and oxygen atoms in total. The van der Waals surface area contributed by atoms with Crippen LogP contribution >= 0.6 is 23.2 Å². The lowest BCUT2D eigenvalue weighted by molar-refractivity contribution is 0.147. The molecule has 3 aromatic rings. The van der Waals surface area contributed by atoms with Crippen LogP contribution in [0.25, 0.3) is 5.69 Å². The number of hydrazine groups is 1. The minimum Gasteiger partial charge on any atom is -0.476 e. The second-order valence-corrected chi connectivity index (χ2v) is 10.2. The van der Waals surface area contributed by atoms with E-state index >= 15 is 0 Å². The van der Waals surface area contributed by atoms with Gasteiger partial charge in [0, 0.05) is 26.2 Å². The minimum atomic E-state index is 0.492. The fourth-order valence-electron chi connectivity index (χ4n) is 4.57. The van der Waals surface area contributed by atoms with Gasteiger partial charge in [-0.1, -0.05) is 41.4 Å². The van der Waals surface area contributed by atoms with Crippen molar-refractivity contribution in [1.82, 2.24) is 14.7 Å². The number of nitrogens with zero attached hydrogens (tertiary/aromatic N) is 3. The zero-order chi connectivity index (χ0) is 25.5. The summed E-state index contributed by atoms with van der Waals surface area (Å²) < 4.78 is 13.4. The Bertz CT molecular complexity index is 1140. The molecule has 36 heavy (non-hydrogen) atoms. The lowest BCUT2D eigenvalue weighted by Crippen LogP contribution is -2.34. The van der Waals surface area contributed by atoms with Gasteiger partial charge < -0.3 is 14.4 Å². The van der Waals surface area contributed by atoms with E-state index in [1.54, 1.807) is 7.11 Å². The molecule has 2 aromatic carbocycles. The number of hydrogen-bond acceptors (Lipinski definition) is 6. The fourth-order valence-corrected chi connectivity index (χ4v) is 4.92. The van der Waals surface area contributed by atoms with Crippen LogP contribution in [0.5, 0.6) is 5.88 Å². The van der Waals surface area contributed by atoms with Gasteiger partial charge >= 0.3 is 0 Å². The first-order chi connectivity index (χ1) is 17.5. The highest BCUT2D eigenvalue weighted by atomic mass is 35.5. The minimum absolute atomic E-state index is 0.492. The molecule has 1 aliphatic rings. The number of nitrogens with one attached hydrogen (secondary N) is 2. The van der Waals surface area contributed by atoms with Crippen LogP contribution in [0.1, 0.15) is 30.4 Å².